The van der Waals surface area contributed by atoms with Gasteiger partial charge < -0.3 is 9.94 Å². The second-order valence-electron chi connectivity index (χ2n) is 9.15. The van der Waals surface area contributed by atoms with Crippen LogP contribution >= 0.6 is 11.3 Å². The minimum Gasteiger partial charge on any atom is -0.505 e. The second kappa shape index (κ2) is 11.0. The lowest BCUT2D eigenvalue weighted by molar-refractivity contribution is 0.0766. The molecule has 208 valence electrons. The lowest BCUT2D eigenvalue weighted by Crippen LogP contribution is -2.39. The van der Waals surface area contributed by atoms with E-state index in [0.717, 1.165) is 17.1 Å². The standard InChI is InChI=1S/C24H21F6N5O3S/c25-12-1-2-17(36)21(26)20(12)18-8-13(33-38-18)15-10-39-24(31-15)11-3-5-34(6-4-11)9-19(37)35-16(23(29)30)7-14(32-35)22(27)28/h1-2,7,10-11,18,22-23,36H,3-6,8-9H2. The van der Waals surface area contributed by atoms with Crippen LogP contribution < -0.4 is 0 Å². The van der Waals surface area contributed by atoms with Gasteiger partial charge in [-0.2, -0.15) is 9.78 Å². The van der Waals surface area contributed by atoms with Crippen LogP contribution in [0, 0.1) is 11.6 Å². The van der Waals surface area contributed by atoms with Gasteiger partial charge in [0.15, 0.2) is 17.7 Å². The molecule has 1 atom stereocenters. The van der Waals surface area contributed by atoms with E-state index in [1.807, 2.05) is 0 Å². The summed E-state index contributed by atoms with van der Waals surface area (Å²) in [6.45, 7) is 0.637. The number of piperidine rings is 1. The maximum Gasteiger partial charge on any atom is 0.282 e. The van der Waals surface area contributed by atoms with Gasteiger partial charge in [0.05, 0.1) is 22.8 Å². The molecule has 0 bridgehead atoms. The van der Waals surface area contributed by atoms with E-state index in [-0.39, 0.29) is 18.9 Å². The first-order valence-electron chi connectivity index (χ1n) is 11.9. The molecule has 5 rings (SSSR count). The molecule has 8 nitrogen and oxygen atoms in total. The average Bonchev–Trinajstić information content (AvgIpc) is 3.66. The Balaban J connectivity index is 1.18. The molecule has 2 aromatic heterocycles. The Morgan fingerprint density at radius 1 is 1.15 bits per heavy atom. The summed E-state index contributed by atoms with van der Waals surface area (Å²) >= 11 is 1.38. The molecule has 3 aromatic rings. The summed E-state index contributed by atoms with van der Waals surface area (Å²) in [5.41, 5.74) is -1.24. The highest BCUT2D eigenvalue weighted by atomic mass is 32.1. The molecule has 1 N–H and O–H groups in total. The Bertz CT molecular complexity index is 1400. The number of carbonyl (C=O) groups excluding carboxylic acids is 1. The molecule has 1 fully saturated rings. The largest absolute Gasteiger partial charge is 0.505 e. The smallest absolute Gasteiger partial charge is 0.282 e. The van der Waals surface area contributed by atoms with Crippen molar-refractivity contribution in [1.29, 1.82) is 0 Å². The molecular formula is C24H21F6N5O3S. The summed E-state index contributed by atoms with van der Waals surface area (Å²) in [6.07, 6.45) is -5.97. The summed E-state index contributed by atoms with van der Waals surface area (Å²) < 4.78 is 81.0. The van der Waals surface area contributed by atoms with Crippen molar-refractivity contribution in [2.45, 2.75) is 44.1 Å². The monoisotopic (exact) mass is 573 g/mol. The van der Waals surface area contributed by atoms with E-state index in [4.69, 9.17) is 4.84 Å². The highest BCUT2D eigenvalue weighted by molar-refractivity contribution is 7.10. The van der Waals surface area contributed by atoms with Crippen molar-refractivity contribution >= 4 is 23.0 Å². The number of thiazole rings is 1. The maximum absolute atomic E-state index is 14.3. The van der Waals surface area contributed by atoms with Gasteiger partial charge in [-0.3, -0.25) is 9.69 Å². The third-order valence-electron chi connectivity index (χ3n) is 6.65. The number of likely N-dealkylation sites (tertiary alicyclic amines) is 1. The number of aromatic hydroxyl groups is 1. The Hall–Kier alpha value is -3.46. The number of hydrogen-bond acceptors (Lipinski definition) is 8. The van der Waals surface area contributed by atoms with Gasteiger partial charge in [-0.15, -0.1) is 11.3 Å². The van der Waals surface area contributed by atoms with Crippen molar-refractivity contribution in [3.8, 4) is 5.75 Å². The van der Waals surface area contributed by atoms with Gasteiger partial charge in [0, 0.05) is 17.7 Å². The van der Waals surface area contributed by atoms with E-state index in [1.165, 1.54) is 11.3 Å². The van der Waals surface area contributed by atoms with Crippen LogP contribution in [0.2, 0.25) is 0 Å². The number of phenolic OH excluding ortho intramolecular Hbond substituents is 1. The second-order valence-corrected chi connectivity index (χ2v) is 10.0. The molecule has 15 heteroatoms. The Morgan fingerprint density at radius 2 is 1.90 bits per heavy atom. The van der Waals surface area contributed by atoms with E-state index in [2.05, 4.69) is 15.2 Å². The Morgan fingerprint density at radius 3 is 2.59 bits per heavy atom. The zero-order chi connectivity index (χ0) is 27.8. The van der Waals surface area contributed by atoms with Gasteiger partial charge in [0.25, 0.3) is 18.8 Å². The first-order valence-corrected chi connectivity index (χ1v) is 12.8. The topological polar surface area (TPSA) is 92.8 Å². The summed E-state index contributed by atoms with van der Waals surface area (Å²) in [5.74, 6) is -3.43. The molecule has 1 saturated heterocycles. The van der Waals surface area contributed by atoms with Crippen LogP contribution in [-0.4, -0.2) is 56.0 Å². The summed E-state index contributed by atoms with van der Waals surface area (Å²) in [7, 11) is 0. The van der Waals surface area contributed by atoms with Gasteiger partial charge >= 0.3 is 0 Å². The van der Waals surface area contributed by atoms with Crippen molar-refractivity contribution in [3.05, 3.63) is 62.9 Å². The predicted octanol–water partition coefficient (Wildman–Crippen LogP) is 5.58. The average molecular weight is 574 g/mol. The minimum atomic E-state index is -3.12. The maximum atomic E-state index is 14.3. The summed E-state index contributed by atoms with van der Waals surface area (Å²) in [4.78, 5) is 24.1. The van der Waals surface area contributed by atoms with Crippen LogP contribution in [-0.2, 0) is 4.84 Å². The number of halogens is 6. The normalized spacial score (nSPS) is 18.7. The number of alkyl halides is 4. The lowest BCUT2D eigenvalue weighted by Gasteiger charge is -2.30. The third-order valence-corrected chi connectivity index (χ3v) is 7.66. The van der Waals surface area contributed by atoms with Gasteiger partial charge in [-0.05, 0) is 44.1 Å². The first kappa shape index (κ1) is 27.1. The molecule has 2 aliphatic heterocycles. The van der Waals surface area contributed by atoms with Crippen LogP contribution in [0.4, 0.5) is 26.3 Å². The SMILES string of the molecule is O=C(CN1CCC(c2nc(C3=NOC(c4c(F)ccc(O)c4F)C3)cs2)CC1)n1nc(C(F)F)cc1C(F)F. The third kappa shape index (κ3) is 5.50. The molecule has 0 amide bonds. The van der Waals surface area contributed by atoms with Crippen LogP contribution in [0.15, 0.2) is 28.7 Å². The number of benzene rings is 1. The van der Waals surface area contributed by atoms with Crippen LogP contribution in [0.25, 0.3) is 0 Å². The van der Waals surface area contributed by atoms with E-state index in [1.54, 1.807) is 10.3 Å². The van der Waals surface area contributed by atoms with E-state index >= 15 is 0 Å². The fourth-order valence-corrected chi connectivity index (χ4v) is 5.62. The quantitative estimate of drug-likeness (QED) is 0.371. The number of carbonyl (C=O) groups is 1. The van der Waals surface area contributed by atoms with Crippen LogP contribution in [0.5, 0.6) is 5.75 Å². The fourth-order valence-electron chi connectivity index (χ4n) is 4.62. The zero-order valence-corrected chi connectivity index (χ0v) is 20.9. The van der Waals surface area contributed by atoms with Crippen molar-refractivity contribution in [2.24, 2.45) is 5.16 Å². The summed E-state index contributed by atoms with van der Waals surface area (Å²) in [5, 5.41) is 19.4. The molecule has 1 unspecified atom stereocenters. The zero-order valence-electron chi connectivity index (χ0n) is 20.0. The van der Waals surface area contributed by atoms with Gasteiger partial charge in [0.2, 0.25) is 0 Å². The molecule has 1 aromatic carbocycles. The number of oxime groups is 1. The van der Waals surface area contributed by atoms with E-state index in [0.29, 0.717) is 48.1 Å². The van der Waals surface area contributed by atoms with Gasteiger partial charge in [-0.1, -0.05) is 5.16 Å². The van der Waals surface area contributed by atoms with E-state index < -0.39 is 59.2 Å². The van der Waals surface area contributed by atoms with Crippen molar-refractivity contribution < 1.29 is 41.1 Å². The highest BCUT2D eigenvalue weighted by Crippen LogP contribution is 2.37. The molecule has 0 saturated carbocycles. The number of nitrogens with zero attached hydrogens (tertiary/aromatic N) is 5. The van der Waals surface area contributed by atoms with Crippen molar-refractivity contribution in [1.82, 2.24) is 19.7 Å². The summed E-state index contributed by atoms with van der Waals surface area (Å²) in [6, 6.07) is 2.40. The molecule has 2 aliphatic rings. The Labute approximate surface area is 221 Å². The van der Waals surface area contributed by atoms with Crippen LogP contribution in [0.3, 0.4) is 0 Å². The van der Waals surface area contributed by atoms with Crippen molar-refractivity contribution in [3.63, 3.8) is 0 Å². The lowest BCUT2D eigenvalue weighted by atomic mass is 9.97. The molecule has 0 radical (unpaired) electrons. The predicted molar refractivity (Wildman–Crippen MR) is 126 cm³/mol. The van der Waals surface area contributed by atoms with Crippen molar-refractivity contribution in [2.75, 3.05) is 19.6 Å². The fraction of sp³-hybridized carbons (Fsp3) is 0.417. The molecular weight excluding hydrogens is 552 g/mol. The number of rotatable bonds is 7. The number of aromatic nitrogens is 3. The number of phenols is 1. The van der Waals surface area contributed by atoms with Gasteiger partial charge in [0.1, 0.15) is 22.9 Å². The van der Waals surface area contributed by atoms with Gasteiger partial charge in [-0.25, -0.2) is 31.3 Å². The molecule has 0 aliphatic carbocycles. The minimum absolute atomic E-state index is 0.0431. The molecule has 0 spiro atoms. The van der Waals surface area contributed by atoms with E-state index in [9.17, 15) is 36.2 Å². The Kier molecular flexibility index (Phi) is 7.62. The molecule has 39 heavy (non-hydrogen) atoms. The number of hydrogen-bond donors (Lipinski definition) is 1. The first-order chi connectivity index (χ1) is 18.6. The molecule has 4 heterocycles. The highest BCUT2D eigenvalue weighted by Gasteiger charge is 2.33. The van der Waals surface area contributed by atoms with Crippen LogP contribution in [0.1, 0.15) is 76.6 Å².